The van der Waals surface area contributed by atoms with Gasteiger partial charge in [-0.05, 0) is 19.2 Å². The Morgan fingerprint density at radius 2 is 2.18 bits per heavy atom. The van der Waals surface area contributed by atoms with Crippen LogP contribution in [0.5, 0.6) is 0 Å². The molecule has 1 aromatic rings. The van der Waals surface area contributed by atoms with E-state index >= 15 is 0 Å². The summed E-state index contributed by atoms with van der Waals surface area (Å²) in [6.07, 6.45) is 0. The van der Waals surface area contributed by atoms with E-state index in [9.17, 15) is 19.3 Å². The van der Waals surface area contributed by atoms with Gasteiger partial charge in [0.15, 0.2) is 0 Å². The Bertz CT molecular complexity index is 437. The minimum Gasteiger partial charge on any atom is -0.351 e. The average molecular weight is 241 g/mol. The van der Waals surface area contributed by atoms with Crippen LogP contribution in [0.4, 0.5) is 10.1 Å². The zero-order valence-electron chi connectivity index (χ0n) is 9.20. The number of likely N-dealkylation sites (N-methyl/N-ethyl adjacent to an activating group) is 1. The van der Waals surface area contributed by atoms with Crippen LogP contribution in [-0.4, -0.2) is 31.0 Å². The number of rotatable bonds is 5. The Hall–Kier alpha value is -2.02. The second-order valence-corrected chi connectivity index (χ2v) is 3.28. The number of benzene rings is 1. The molecule has 0 heterocycles. The Labute approximate surface area is 97.0 Å². The largest absolute Gasteiger partial charge is 0.351 e. The van der Waals surface area contributed by atoms with E-state index in [1.807, 2.05) is 0 Å². The lowest BCUT2D eigenvalue weighted by Crippen LogP contribution is -2.30. The molecular formula is C10H12FN3O3. The van der Waals surface area contributed by atoms with E-state index in [-0.39, 0.29) is 5.56 Å². The maximum Gasteiger partial charge on any atom is 0.305 e. The SMILES string of the molecule is CNCCNC(=O)c1ccc(F)c([N+](=O)[O-])c1. The predicted octanol–water partition coefficient (Wildman–Crippen LogP) is 0.683. The predicted molar refractivity (Wildman–Crippen MR) is 59.3 cm³/mol. The first-order chi connectivity index (χ1) is 8.06. The maximum absolute atomic E-state index is 13.0. The Morgan fingerprint density at radius 3 is 2.76 bits per heavy atom. The molecule has 0 fully saturated rings. The third kappa shape index (κ3) is 3.49. The van der Waals surface area contributed by atoms with Crippen LogP contribution in [0, 0.1) is 15.9 Å². The highest BCUT2D eigenvalue weighted by atomic mass is 19.1. The van der Waals surface area contributed by atoms with Crippen LogP contribution in [-0.2, 0) is 0 Å². The third-order valence-corrected chi connectivity index (χ3v) is 2.07. The molecule has 0 unspecified atom stereocenters. The molecule has 0 atom stereocenters. The number of hydrogen-bond donors (Lipinski definition) is 2. The number of amides is 1. The summed E-state index contributed by atoms with van der Waals surface area (Å²) in [5.41, 5.74) is -0.638. The minimum atomic E-state index is -0.957. The van der Waals surface area contributed by atoms with Gasteiger partial charge >= 0.3 is 5.69 Å². The summed E-state index contributed by atoms with van der Waals surface area (Å²) in [5.74, 6) is -1.43. The van der Waals surface area contributed by atoms with Crippen molar-refractivity contribution in [1.29, 1.82) is 0 Å². The van der Waals surface area contributed by atoms with Crippen LogP contribution in [0.3, 0.4) is 0 Å². The molecule has 0 aliphatic carbocycles. The Morgan fingerprint density at radius 1 is 1.47 bits per heavy atom. The van der Waals surface area contributed by atoms with Crippen molar-refractivity contribution in [2.24, 2.45) is 0 Å². The number of carbonyl (C=O) groups is 1. The fourth-order valence-corrected chi connectivity index (χ4v) is 1.20. The molecule has 1 amide bonds. The topological polar surface area (TPSA) is 84.3 Å². The Balaban J connectivity index is 2.81. The van der Waals surface area contributed by atoms with Crippen molar-refractivity contribution < 1.29 is 14.1 Å². The maximum atomic E-state index is 13.0. The van der Waals surface area contributed by atoms with Crippen molar-refractivity contribution in [3.8, 4) is 0 Å². The van der Waals surface area contributed by atoms with Gasteiger partial charge in [0.1, 0.15) is 0 Å². The number of hydrogen-bond acceptors (Lipinski definition) is 4. The van der Waals surface area contributed by atoms with Gasteiger partial charge in [0, 0.05) is 24.7 Å². The molecule has 1 rings (SSSR count). The number of nitro benzene ring substituents is 1. The molecule has 0 aromatic heterocycles. The number of carbonyl (C=O) groups excluding carboxylic acids is 1. The zero-order valence-corrected chi connectivity index (χ0v) is 9.20. The minimum absolute atomic E-state index is 0.0641. The average Bonchev–Trinajstić information content (AvgIpc) is 2.29. The first-order valence-corrected chi connectivity index (χ1v) is 4.93. The molecule has 17 heavy (non-hydrogen) atoms. The van der Waals surface area contributed by atoms with Gasteiger partial charge in [0.2, 0.25) is 5.82 Å². The quantitative estimate of drug-likeness (QED) is 0.451. The molecule has 0 saturated carbocycles. The van der Waals surface area contributed by atoms with E-state index in [1.165, 1.54) is 6.07 Å². The molecule has 0 spiro atoms. The molecule has 0 saturated heterocycles. The third-order valence-electron chi connectivity index (χ3n) is 2.07. The van der Waals surface area contributed by atoms with Crippen LogP contribution in [0.15, 0.2) is 18.2 Å². The first-order valence-electron chi connectivity index (χ1n) is 4.93. The monoisotopic (exact) mass is 241 g/mol. The smallest absolute Gasteiger partial charge is 0.305 e. The molecule has 2 N–H and O–H groups in total. The summed E-state index contributed by atoms with van der Waals surface area (Å²) in [4.78, 5) is 21.1. The van der Waals surface area contributed by atoms with Gasteiger partial charge in [-0.2, -0.15) is 4.39 Å². The van der Waals surface area contributed by atoms with Gasteiger partial charge in [-0.3, -0.25) is 14.9 Å². The first kappa shape index (κ1) is 13.0. The van der Waals surface area contributed by atoms with E-state index in [2.05, 4.69) is 10.6 Å². The van der Waals surface area contributed by atoms with Crippen molar-refractivity contribution in [3.63, 3.8) is 0 Å². The molecule has 0 aliphatic rings. The fraction of sp³-hybridized carbons (Fsp3) is 0.300. The van der Waals surface area contributed by atoms with Gasteiger partial charge in [0.25, 0.3) is 5.91 Å². The molecule has 7 heteroatoms. The van der Waals surface area contributed by atoms with E-state index < -0.39 is 22.3 Å². The zero-order chi connectivity index (χ0) is 12.8. The van der Waals surface area contributed by atoms with Crippen molar-refractivity contribution in [2.75, 3.05) is 20.1 Å². The van der Waals surface area contributed by atoms with Gasteiger partial charge in [-0.15, -0.1) is 0 Å². The second kappa shape index (κ2) is 5.90. The highest BCUT2D eigenvalue weighted by Gasteiger charge is 2.17. The van der Waals surface area contributed by atoms with Crippen LogP contribution >= 0.6 is 0 Å². The number of nitro groups is 1. The normalized spacial score (nSPS) is 10.0. The highest BCUT2D eigenvalue weighted by Crippen LogP contribution is 2.18. The molecule has 0 radical (unpaired) electrons. The number of nitrogens with zero attached hydrogens (tertiary/aromatic N) is 1. The van der Waals surface area contributed by atoms with E-state index in [0.717, 1.165) is 12.1 Å². The van der Waals surface area contributed by atoms with Crippen molar-refractivity contribution in [2.45, 2.75) is 0 Å². The summed E-state index contributed by atoms with van der Waals surface area (Å²) < 4.78 is 13.0. The number of nitrogens with one attached hydrogen (secondary N) is 2. The van der Waals surface area contributed by atoms with Crippen molar-refractivity contribution in [3.05, 3.63) is 39.7 Å². The Kier molecular flexibility index (Phi) is 4.53. The highest BCUT2D eigenvalue weighted by molar-refractivity contribution is 5.94. The lowest BCUT2D eigenvalue weighted by atomic mass is 10.2. The number of halogens is 1. The van der Waals surface area contributed by atoms with E-state index in [0.29, 0.717) is 13.1 Å². The fourth-order valence-electron chi connectivity index (χ4n) is 1.20. The van der Waals surface area contributed by atoms with Crippen molar-refractivity contribution >= 4 is 11.6 Å². The molecule has 0 aliphatic heterocycles. The summed E-state index contributed by atoms with van der Waals surface area (Å²) >= 11 is 0. The second-order valence-electron chi connectivity index (χ2n) is 3.28. The summed E-state index contributed by atoms with van der Waals surface area (Å²) in [6.45, 7) is 0.968. The van der Waals surface area contributed by atoms with Gasteiger partial charge in [0.05, 0.1) is 4.92 Å². The molecule has 1 aromatic carbocycles. The van der Waals surface area contributed by atoms with Gasteiger partial charge in [-0.1, -0.05) is 0 Å². The van der Waals surface area contributed by atoms with E-state index in [4.69, 9.17) is 0 Å². The summed E-state index contributed by atoms with van der Waals surface area (Å²) in [5, 5.41) is 15.9. The van der Waals surface area contributed by atoms with Crippen LogP contribution in [0.1, 0.15) is 10.4 Å². The van der Waals surface area contributed by atoms with Crippen molar-refractivity contribution in [1.82, 2.24) is 10.6 Å². The van der Waals surface area contributed by atoms with Crippen LogP contribution < -0.4 is 10.6 Å². The van der Waals surface area contributed by atoms with E-state index in [1.54, 1.807) is 7.05 Å². The molecule has 92 valence electrons. The molecule has 6 nitrogen and oxygen atoms in total. The van der Waals surface area contributed by atoms with Gasteiger partial charge in [-0.25, -0.2) is 0 Å². The summed E-state index contributed by atoms with van der Waals surface area (Å²) in [7, 11) is 1.73. The molecular weight excluding hydrogens is 229 g/mol. The molecule has 0 bridgehead atoms. The lowest BCUT2D eigenvalue weighted by molar-refractivity contribution is -0.387. The van der Waals surface area contributed by atoms with Crippen LogP contribution in [0.25, 0.3) is 0 Å². The standard InChI is InChI=1S/C10H12FN3O3/c1-12-4-5-13-10(15)7-2-3-8(11)9(6-7)14(16)17/h2-3,6,12H,4-5H2,1H3,(H,13,15). The lowest BCUT2D eigenvalue weighted by Gasteiger charge is -2.04. The van der Waals surface area contributed by atoms with Crippen LogP contribution in [0.2, 0.25) is 0 Å². The summed E-state index contributed by atoms with van der Waals surface area (Å²) in [6, 6.07) is 3.03. The van der Waals surface area contributed by atoms with Gasteiger partial charge < -0.3 is 10.6 Å².